The molecule has 0 saturated heterocycles. The van der Waals surface area contributed by atoms with Gasteiger partial charge in [0.2, 0.25) is 0 Å². The van der Waals surface area contributed by atoms with Crippen molar-refractivity contribution in [2.75, 3.05) is 0 Å². The monoisotopic (exact) mass is 312 g/mol. The smallest absolute Gasteiger partial charge is 0.282 e. The quantitative estimate of drug-likeness (QED) is 0.516. The number of benzene rings is 2. The number of nitrogens with zero attached hydrogens (tertiary/aromatic N) is 3. The number of rotatable bonds is 1. The lowest BCUT2D eigenvalue weighted by molar-refractivity contribution is 0.855. The van der Waals surface area contributed by atoms with Gasteiger partial charge in [-0.1, -0.05) is 36.4 Å². The third kappa shape index (κ3) is 1.78. The summed E-state index contributed by atoms with van der Waals surface area (Å²) in [6, 6.07) is 17.6. The second kappa shape index (κ2) is 4.76. The first-order valence-corrected chi connectivity index (χ1v) is 7.65. The Morgan fingerprint density at radius 3 is 2.79 bits per heavy atom. The van der Waals surface area contributed by atoms with Crippen LogP contribution in [0.25, 0.3) is 38.8 Å². The Morgan fingerprint density at radius 1 is 1.00 bits per heavy atom. The molecule has 114 valence electrons. The average molecular weight is 312 g/mol. The minimum absolute atomic E-state index is 0.149. The normalized spacial score (nSPS) is 11.5. The number of aromatic amines is 1. The van der Waals surface area contributed by atoms with E-state index in [2.05, 4.69) is 15.1 Å². The molecule has 0 amide bonds. The first-order valence-electron chi connectivity index (χ1n) is 7.65. The zero-order chi connectivity index (χ0) is 16.1. The number of hydrogen-bond acceptors (Lipinski definition) is 3. The van der Waals surface area contributed by atoms with Crippen molar-refractivity contribution in [2.45, 2.75) is 0 Å². The molecule has 1 aromatic heterocycles. The van der Waals surface area contributed by atoms with E-state index in [4.69, 9.17) is 0 Å². The predicted octanol–water partition coefficient (Wildman–Crippen LogP) is 3.37. The van der Waals surface area contributed by atoms with Gasteiger partial charge in [0.05, 0.1) is 23.0 Å². The summed E-state index contributed by atoms with van der Waals surface area (Å²) in [5.74, 6) is 0. The topological polar surface area (TPSA) is 63.6 Å². The van der Waals surface area contributed by atoms with Gasteiger partial charge in [-0.25, -0.2) is 0 Å². The van der Waals surface area contributed by atoms with Crippen LogP contribution >= 0.6 is 0 Å². The molecular formula is C19H12N4O. The van der Waals surface area contributed by atoms with Crippen LogP contribution in [0.3, 0.4) is 0 Å². The first kappa shape index (κ1) is 13.0. The number of aromatic nitrogens is 4. The SMILES string of the molecule is O=c1c2c[nH]c3ccccc3c-2nn1-c1cnc2ccccc2c1. The molecule has 0 radical (unpaired) electrons. The Labute approximate surface area is 136 Å². The summed E-state index contributed by atoms with van der Waals surface area (Å²) in [5.41, 5.74) is 3.63. The number of H-pyrrole nitrogens is 1. The molecule has 0 atom stereocenters. The Kier molecular flexibility index (Phi) is 2.58. The van der Waals surface area contributed by atoms with Crippen molar-refractivity contribution in [3.8, 4) is 16.9 Å². The molecule has 0 aliphatic carbocycles. The van der Waals surface area contributed by atoms with E-state index in [1.807, 2.05) is 54.6 Å². The van der Waals surface area contributed by atoms with E-state index >= 15 is 0 Å². The van der Waals surface area contributed by atoms with E-state index in [0.717, 1.165) is 21.8 Å². The lowest BCUT2D eigenvalue weighted by atomic mass is 10.1. The van der Waals surface area contributed by atoms with Crippen LogP contribution in [-0.2, 0) is 0 Å². The molecule has 0 saturated carbocycles. The van der Waals surface area contributed by atoms with Gasteiger partial charge < -0.3 is 4.98 Å². The molecule has 5 heteroatoms. The van der Waals surface area contributed by atoms with E-state index in [-0.39, 0.29) is 5.56 Å². The molecule has 0 spiro atoms. The van der Waals surface area contributed by atoms with Crippen molar-refractivity contribution in [1.82, 2.24) is 19.7 Å². The maximum Gasteiger partial charge on any atom is 0.282 e. The third-order valence-corrected chi connectivity index (χ3v) is 4.25. The highest BCUT2D eigenvalue weighted by molar-refractivity contribution is 5.93. The fourth-order valence-corrected chi connectivity index (χ4v) is 3.06. The van der Waals surface area contributed by atoms with E-state index in [9.17, 15) is 4.79 Å². The Hall–Kier alpha value is -3.47. The van der Waals surface area contributed by atoms with Crippen LogP contribution in [-0.4, -0.2) is 19.7 Å². The lowest BCUT2D eigenvalue weighted by Gasteiger charge is -2.02. The van der Waals surface area contributed by atoms with Gasteiger partial charge in [0.15, 0.2) is 0 Å². The highest BCUT2D eigenvalue weighted by atomic mass is 16.1. The molecule has 3 aromatic rings. The molecule has 0 fully saturated rings. The molecule has 5 rings (SSSR count). The maximum atomic E-state index is 12.8. The Morgan fingerprint density at radius 2 is 1.83 bits per heavy atom. The predicted molar refractivity (Wildman–Crippen MR) is 93.6 cm³/mol. The fourth-order valence-electron chi connectivity index (χ4n) is 3.06. The largest absolute Gasteiger partial charge is 0.360 e. The average Bonchev–Trinajstić information content (AvgIpc) is 2.98. The van der Waals surface area contributed by atoms with Crippen LogP contribution in [0.1, 0.15) is 0 Å². The van der Waals surface area contributed by atoms with Gasteiger partial charge in [-0.2, -0.15) is 9.78 Å². The number of para-hydroxylation sites is 2. The number of nitrogens with one attached hydrogen (secondary N) is 1. The summed E-state index contributed by atoms with van der Waals surface area (Å²) in [7, 11) is 0. The number of hydrogen-bond donors (Lipinski definition) is 1. The summed E-state index contributed by atoms with van der Waals surface area (Å²) in [6.45, 7) is 0. The van der Waals surface area contributed by atoms with Crippen LogP contribution < -0.4 is 5.56 Å². The molecule has 0 unspecified atom stereocenters. The molecule has 3 heterocycles. The standard InChI is InChI=1S/C19H12N4O/c24-19-15-11-21-17-8-4-2-6-14(17)18(15)22-23(19)13-9-12-5-1-3-7-16(12)20-10-13/h1-11,21H. The van der Waals surface area contributed by atoms with Gasteiger partial charge in [0.25, 0.3) is 5.56 Å². The van der Waals surface area contributed by atoms with Gasteiger partial charge >= 0.3 is 0 Å². The number of pyridine rings is 2. The summed E-state index contributed by atoms with van der Waals surface area (Å²) in [4.78, 5) is 20.3. The highest BCUT2D eigenvalue weighted by Crippen LogP contribution is 2.26. The van der Waals surface area contributed by atoms with Gasteiger partial charge in [-0.05, 0) is 18.2 Å². The van der Waals surface area contributed by atoms with E-state index in [1.54, 1.807) is 12.4 Å². The van der Waals surface area contributed by atoms with E-state index in [0.29, 0.717) is 16.9 Å². The van der Waals surface area contributed by atoms with Crippen LogP contribution in [0.4, 0.5) is 0 Å². The van der Waals surface area contributed by atoms with E-state index < -0.39 is 0 Å². The van der Waals surface area contributed by atoms with Crippen molar-refractivity contribution < 1.29 is 0 Å². The van der Waals surface area contributed by atoms with Crippen molar-refractivity contribution in [1.29, 1.82) is 0 Å². The number of fused-ring (bicyclic) bond motifs is 4. The Bertz CT molecular complexity index is 1230. The minimum Gasteiger partial charge on any atom is -0.360 e. The zero-order valence-corrected chi connectivity index (χ0v) is 12.6. The van der Waals surface area contributed by atoms with Gasteiger partial charge in [0.1, 0.15) is 5.69 Å². The molecule has 0 bridgehead atoms. The summed E-state index contributed by atoms with van der Waals surface area (Å²) < 4.78 is 1.42. The van der Waals surface area contributed by atoms with Crippen molar-refractivity contribution >= 4 is 21.8 Å². The molecule has 5 nitrogen and oxygen atoms in total. The molecule has 1 N–H and O–H groups in total. The van der Waals surface area contributed by atoms with Crippen molar-refractivity contribution in [3.63, 3.8) is 0 Å². The molecule has 24 heavy (non-hydrogen) atoms. The van der Waals surface area contributed by atoms with Crippen LogP contribution in [0.15, 0.2) is 71.8 Å². The second-order valence-electron chi connectivity index (χ2n) is 5.70. The maximum absolute atomic E-state index is 12.8. The van der Waals surface area contributed by atoms with Gasteiger partial charge in [-0.15, -0.1) is 0 Å². The molecule has 2 aliphatic heterocycles. The summed E-state index contributed by atoms with van der Waals surface area (Å²) in [5, 5.41) is 6.47. The van der Waals surface area contributed by atoms with Crippen LogP contribution in [0.5, 0.6) is 0 Å². The van der Waals surface area contributed by atoms with Crippen LogP contribution in [0, 0.1) is 0 Å². The van der Waals surface area contributed by atoms with Gasteiger partial charge in [-0.3, -0.25) is 9.78 Å². The second-order valence-corrected chi connectivity index (χ2v) is 5.70. The fraction of sp³-hybridized carbons (Fsp3) is 0. The van der Waals surface area contributed by atoms with E-state index in [1.165, 1.54) is 4.68 Å². The van der Waals surface area contributed by atoms with Gasteiger partial charge in [0, 0.05) is 22.5 Å². The third-order valence-electron chi connectivity index (χ3n) is 4.25. The van der Waals surface area contributed by atoms with Crippen LogP contribution in [0.2, 0.25) is 0 Å². The Balaban J connectivity index is 1.82. The minimum atomic E-state index is -0.149. The summed E-state index contributed by atoms with van der Waals surface area (Å²) >= 11 is 0. The first-order chi connectivity index (χ1) is 11.8. The highest BCUT2D eigenvalue weighted by Gasteiger charge is 2.18. The molecule has 2 aromatic carbocycles. The zero-order valence-electron chi connectivity index (χ0n) is 12.6. The molecule has 2 aliphatic rings. The molecular weight excluding hydrogens is 300 g/mol. The van der Waals surface area contributed by atoms with Crippen molar-refractivity contribution in [3.05, 3.63) is 77.3 Å². The summed E-state index contributed by atoms with van der Waals surface area (Å²) in [6.07, 6.45) is 3.40. The lowest BCUT2D eigenvalue weighted by Crippen LogP contribution is -2.14. The van der Waals surface area contributed by atoms with Crippen molar-refractivity contribution in [2.24, 2.45) is 0 Å².